The quantitative estimate of drug-likeness (QED) is 0.692. The topological polar surface area (TPSA) is 20.3 Å². The number of piperidine rings is 1. The average molecular weight is 207 g/mol. The lowest BCUT2D eigenvalue weighted by molar-refractivity contribution is 0.0724. The zero-order valence-electron chi connectivity index (χ0n) is 8.58. The van der Waals surface area contributed by atoms with Gasteiger partial charge in [0.1, 0.15) is 5.82 Å². The maximum Gasteiger partial charge on any atom is 0.253 e. The Balaban J connectivity index is 2.12. The van der Waals surface area contributed by atoms with Crippen LogP contribution in [0.4, 0.5) is 4.39 Å². The van der Waals surface area contributed by atoms with Crippen molar-refractivity contribution in [3.8, 4) is 0 Å². The first kappa shape index (κ1) is 10.1. The Kier molecular flexibility index (Phi) is 2.99. The number of carbonyl (C=O) groups is 1. The van der Waals surface area contributed by atoms with E-state index in [0.717, 1.165) is 25.9 Å². The molecule has 1 aliphatic rings. The van der Waals surface area contributed by atoms with Gasteiger partial charge in [0.2, 0.25) is 0 Å². The van der Waals surface area contributed by atoms with E-state index >= 15 is 0 Å². The van der Waals surface area contributed by atoms with Gasteiger partial charge in [0, 0.05) is 18.7 Å². The van der Waals surface area contributed by atoms with Gasteiger partial charge >= 0.3 is 0 Å². The zero-order valence-corrected chi connectivity index (χ0v) is 8.58. The first-order valence-corrected chi connectivity index (χ1v) is 5.32. The van der Waals surface area contributed by atoms with Crippen molar-refractivity contribution in [3.63, 3.8) is 0 Å². The number of hydrogen-bond acceptors (Lipinski definition) is 1. The summed E-state index contributed by atoms with van der Waals surface area (Å²) < 4.78 is 12.9. The van der Waals surface area contributed by atoms with Crippen LogP contribution in [0.3, 0.4) is 0 Å². The lowest BCUT2D eigenvalue weighted by atomic mass is 10.1. The Hall–Kier alpha value is -1.38. The first-order valence-electron chi connectivity index (χ1n) is 5.32. The molecule has 2 nitrogen and oxygen atoms in total. The number of hydrogen-bond donors (Lipinski definition) is 0. The molecule has 1 aromatic carbocycles. The van der Waals surface area contributed by atoms with E-state index in [1.165, 1.54) is 18.6 Å². The minimum Gasteiger partial charge on any atom is -0.339 e. The summed E-state index contributed by atoms with van der Waals surface area (Å²) in [5.74, 6) is -0.396. The summed E-state index contributed by atoms with van der Waals surface area (Å²) in [6.45, 7) is 1.60. The maximum absolute atomic E-state index is 12.9. The van der Waals surface area contributed by atoms with E-state index in [2.05, 4.69) is 0 Å². The summed E-state index contributed by atoms with van der Waals surface area (Å²) in [6.07, 6.45) is 3.30. The second-order valence-electron chi connectivity index (χ2n) is 3.86. The predicted molar refractivity (Wildman–Crippen MR) is 56.2 cm³/mol. The Morgan fingerprint density at radius 3 is 2.60 bits per heavy atom. The van der Waals surface area contributed by atoms with Crippen LogP contribution in [-0.4, -0.2) is 23.9 Å². The monoisotopic (exact) mass is 207 g/mol. The molecule has 2 rings (SSSR count). The Morgan fingerprint density at radius 2 is 1.93 bits per heavy atom. The van der Waals surface area contributed by atoms with Gasteiger partial charge in [-0.3, -0.25) is 4.79 Å². The molecule has 0 aromatic heterocycles. The third-order valence-electron chi connectivity index (χ3n) is 2.71. The highest BCUT2D eigenvalue weighted by atomic mass is 19.1. The van der Waals surface area contributed by atoms with Crippen molar-refractivity contribution in [1.82, 2.24) is 4.90 Å². The molecule has 1 fully saturated rings. The number of likely N-dealkylation sites (tertiary alicyclic amines) is 1. The third kappa shape index (κ3) is 2.35. The normalized spacial score (nSPS) is 16.5. The van der Waals surface area contributed by atoms with Gasteiger partial charge in [-0.1, -0.05) is 6.07 Å². The largest absolute Gasteiger partial charge is 0.339 e. The van der Waals surface area contributed by atoms with Crippen LogP contribution in [0.15, 0.2) is 24.3 Å². The molecular formula is C12H14FNO. The highest BCUT2D eigenvalue weighted by Gasteiger charge is 2.17. The fourth-order valence-electron chi connectivity index (χ4n) is 1.90. The van der Waals surface area contributed by atoms with Gasteiger partial charge in [0.25, 0.3) is 5.91 Å². The van der Waals surface area contributed by atoms with Gasteiger partial charge < -0.3 is 4.90 Å². The van der Waals surface area contributed by atoms with Crippen LogP contribution in [0.1, 0.15) is 29.6 Å². The molecule has 0 N–H and O–H groups in total. The molecule has 0 atom stereocenters. The molecule has 0 radical (unpaired) electrons. The Bertz CT molecular complexity index is 358. The number of benzene rings is 1. The number of halogens is 1. The molecule has 80 valence electrons. The molecule has 0 saturated carbocycles. The van der Waals surface area contributed by atoms with Crippen LogP contribution in [0.5, 0.6) is 0 Å². The van der Waals surface area contributed by atoms with Crippen LogP contribution < -0.4 is 0 Å². The van der Waals surface area contributed by atoms with Gasteiger partial charge in [-0.2, -0.15) is 0 Å². The number of rotatable bonds is 1. The molecule has 15 heavy (non-hydrogen) atoms. The van der Waals surface area contributed by atoms with E-state index in [1.807, 2.05) is 0 Å². The summed E-state index contributed by atoms with van der Waals surface area (Å²) in [6, 6.07) is 5.90. The number of nitrogens with zero attached hydrogens (tertiary/aromatic N) is 1. The van der Waals surface area contributed by atoms with E-state index < -0.39 is 0 Å². The van der Waals surface area contributed by atoms with Crippen LogP contribution in [0, 0.1) is 5.82 Å². The molecule has 0 aliphatic carbocycles. The first-order chi connectivity index (χ1) is 7.27. The third-order valence-corrected chi connectivity index (χ3v) is 2.71. The smallest absolute Gasteiger partial charge is 0.253 e. The van der Waals surface area contributed by atoms with E-state index in [9.17, 15) is 9.18 Å². The van der Waals surface area contributed by atoms with Crippen molar-refractivity contribution < 1.29 is 9.18 Å². The molecule has 3 heteroatoms. The summed E-state index contributed by atoms with van der Waals surface area (Å²) in [5, 5.41) is 0. The van der Waals surface area contributed by atoms with Crippen LogP contribution in [0.25, 0.3) is 0 Å². The van der Waals surface area contributed by atoms with Crippen molar-refractivity contribution in [1.29, 1.82) is 0 Å². The van der Waals surface area contributed by atoms with Crippen molar-refractivity contribution in [2.75, 3.05) is 13.1 Å². The lowest BCUT2D eigenvalue weighted by Gasteiger charge is -2.26. The van der Waals surface area contributed by atoms with Crippen LogP contribution in [-0.2, 0) is 0 Å². The second kappa shape index (κ2) is 4.43. The highest BCUT2D eigenvalue weighted by molar-refractivity contribution is 5.94. The maximum atomic E-state index is 12.9. The molecule has 1 aliphatic heterocycles. The number of amides is 1. The van der Waals surface area contributed by atoms with Crippen LogP contribution in [0.2, 0.25) is 0 Å². The molecule has 1 heterocycles. The SMILES string of the molecule is O=C(c1cccc(F)c1)N1CCCCC1. The summed E-state index contributed by atoms with van der Waals surface area (Å²) in [7, 11) is 0. The van der Waals surface area contributed by atoms with E-state index in [1.54, 1.807) is 17.0 Å². The molecular weight excluding hydrogens is 193 g/mol. The Morgan fingerprint density at radius 1 is 1.20 bits per heavy atom. The van der Waals surface area contributed by atoms with Gasteiger partial charge in [0.05, 0.1) is 0 Å². The lowest BCUT2D eigenvalue weighted by Crippen LogP contribution is -2.35. The van der Waals surface area contributed by atoms with Crippen molar-refractivity contribution in [2.24, 2.45) is 0 Å². The number of carbonyl (C=O) groups excluding carboxylic acids is 1. The standard InChI is InChI=1S/C12H14FNO/c13-11-6-4-5-10(9-11)12(15)14-7-2-1-3-8-14/h4-6,9H,1-3,7-8H2. The summed E-state index contributed by atoms with van der Waals surface area (Å²) >= 11 is 0. The van der Waals surface area contributed by atoms with E-state index in [4.69, 9.17) is 0 Å². The fraction of sp³-hybridized carbons (Fsp3) is 0.417. The van der Waals surface area contributed by atoms with Crippen molar-refractivity contribution in [2.45, 2.75) is 19.3 Å². The molecule has 1 aromatic rings. The van der Waals surface area contributed by atoms with E-state index in [-0.39, 0.29) is 11.7 Å². The van der Waals surface area contributed by atoms with Gasteiger partial charge in [-0.25, -0.2) is 4.39 Å². The van der Waals surface area contributed by atoms with Crippen molar-refractivity contribution >= 4 is 5.91 Å². The summed E-state index contributed by atoms with van der Waals surface area (Å²) in [5.41, 5.74) is 0.455. The van der Waals surface area contributed by atoms with E-state index in [0.29, 0.717) is 5.56 Å². The molecule has 1 saturated heterocycles. The minimum atomic E-state index is -0.349. The predicted octanol–water partition coefficient (Wildman–Crippen LogP) is 2.45. The minimum absolute atomic E-state index is 0.0470. The molecule has 0 unspecified atom stereocenters. The van der Waals surface area contributed by atoms with Crippen LogP contribution >= 0.6 is 0 Å². The Labute approximate surface area is 88.7 Å². The van der Waals surface area contributed by atoms with Gasteiger partial charge in [-0.05, 0) is 37.5 Å². The molecule has 1 amide bonds. The second-order valence-corrected chi connectivity index (χ2v) is 3.86. The average Bonchev–Trinajstić information content (AvgIpc) is 2.29. The zero-order chi connectivity index (χ0) is 10.7. The fourth-order valence-corrected chi connectivity index (χ4v) is 1.90. The summed E-state index contributed by atoms with van der Waals surface area (Å²) in [4.78, 5) is 13.7. The highest BCUT2D eigenvalue weighted by Crippen LogP contribution is 2.13. The van der Waals surface area contributed by atoms with Crippen molar-refractivity contribution in [3.05, 3.63) is 35.6 Å². The molecule has 0 spiro atoms. The van der Waals surface area contributed by atoms with Gasteiger partial charge in [0.15, 0.2) is 0 Å². The van der Waals surface area contributed by atoms with Gasteiger partial charge in [-0.15, -0.1) is 0 Å². The molecule has 0 bridgehead atoms.